The first-order valence-electron chi connectivity index (χ1n) is 6.25. The van der Waals surface area contributed by atoms with Crippen LogP contribution in [-0.2, 0) is 0 Å². The van der Waals surface area contributed by atoms with E-state index in [4.69, 9.17) is 0 Å². The number of hydrogen-bond donors (Lipinski definition) is 2. The third-order valence-electron chi connectivity index (χ3n) is 2.54. The number of likely N-dealkylation sites (N-methyl/N-ethyl adjacent to an activating group) is 1. The molecule has 2 rings (SSSR count). The first-order valence-corrected chi connectivity index (χ1v) is 6.25. The summed E-state index contributed by atoms with van der Waals surface area (Å²) in [6, 6.07) is 6.34. The molecule has 1 aromatic heterocycles. The Morgan fingerprint density at radius 3 is 2.80 bits per heavy atom. The monoisotopic (exact) mass is 276 g/mol. The molecule has 2 aromatic rings. The number of nitrogens with zero attached hydrogens (tertiary/aromatic N) is 4. The first kappa shape index (κ1) is 14.1. The van der Waals surface area contributed by atoms with Gasteiger partial charge in [0, 0.05) is 13.1 Å². The van der Waals surface area contributed by atoms with Gasteiger partial charge in [0.05, 0.1) is 11.9 Å². The topological polar surface area (TPSA) is 66.0 Å². The van der Waals surface area contributed by atoms with Gasteiger partial charge in [-0.2, -0.15) is 10.1 Å². The Morgan fingerprint density at radius 1 is 1.25 bits per heavy atom. The standard InChI is InChI=1S/C13H17FN6/c1-20(2)8-7-15-12-9-16-19-13(18-12)17-11-6-4-3-5-10(11)14/h3-6,9H,7-8H2,1-2H3,(H2,15,17,18,19). The summed E-state index contributed by atoms with van der Waals surface area (Å²) in [5.41, 5.74) is 0.319. The van der Waals surface area contributed by atoms with E-state index in [1.165, 1.54) is 12.3 Å². The van der Waals surface area contributed by atoms with E-state index in [-0.39, 0.29) is 11.8 Å². The molecule has 0 spiro atoms. The van der Waals surface area contributed by atoms with Crippen LogP contribution in [0.2, 0.25) is 0 Å². The van der Waals surface area contributed by atoms with E-state index >= 15 is 0 Å². The summed E-state index contributed by atoms with van der Waals surface area (Å²) < 4.78 is 13.5. The van der Waals surface area contributed by atoms with Crippen LogP contribution in [0.5, 0.6) is 0 Å². The Hall–Kier alpha value is -2.28. The van der Waals surface area contributed by atoms with Crippen LogP contribution in [0.1, 0.15) is 0 Å². The van der Waals surface area contributed by atoms with Crippen LogP contribution in [0.4, 0.5) is 21.8 Å². The second-order valence-corrected chi connectivity index (χ2v) is 4.50. The van der Waals surface area contributed by atoms with Crippen LogP contribution >= 0.6 is 0 Å². The van der Waals surface area contributed by atoms with Gasteiger partial charge in [0.2, 0.25) is 5.95 Å². The van der Waals surface area contributed by atoms with Crippen molar-refractivity contribution in [1.82, 2.24) is 20.1 Å². The molecule has 0 fully saturated rings. The number of benzene rings is 1. The van der Waals surface area contributed by atoms with Gasteiger partial charge in [-0.05, 0) is 26.2 Å². The number of hydrogen-bond acceptors (Lipinski definition) is 6. The lowest BCUT2D eigenvalue weighted by Crippen LogP contribution is -2.21. The predicted octanol–water partition coefficient (Wildman–Crippen LogP) is 1.73. The van der Waals surface area contributed by atoms with Crippen molar-refractivity contribution in [1.29, 1.82) is 0 Å². The number of anilines is 3. The second-order valence-electron chi connectivity index (χ2n) is 4.50. The van der Waals surface area contributed by atoms with E-state index in [2.05, 4.69) is 30.7 Å². The molecule has 0 aliphatic rings. The van der Waals surface area contributed by atoms with E-state index in [0.717, 1.165) is 13.1 Å². The Kier molecular flexibility index (Phi) is 4.78. The largest absolute Gasteiger partial charge is 0.367 e. The molecule has 0 saturated carbocycles. The van der Waals surface area contributed by atoms with Crippen molar-refractivity contribution in [3.8, 4) is 0 Å². The molecule has 20 heavy (non-hydrogen) atoms. The normalized spacial score (nSPS) is 10.6. The Balaban J connectivity index is 2.01. The second kappa shape index (κ2) is 6.76. The van der Waals surface area contributed by atoms with Gasteiger partial charge in [0.15, 0.2) is 5.82 Å². The summed E-state index contributed by atoms with van der Waals surface area (Å²) in [6.45, 7) is 1.62. The molecule has 106 valence electrons. The van der Waals surface area contributed by atoms with Crippen LogP contribution in [0, 0.1) is 5.82 Å². The molecule has 6 nitrogen and oxygen atoms in total. The number of aromatic nitrogens is 3. The summed E-state index contributed by atoms with van der Waals surface area (Å²) in [6.07, 6.45) is 1.53. The summed E-state index contributed by atoms with van der Waals surface area (Å²) in [4.78, 5) is 6.28. The molecule has 7 heteroatoms. The van der Waals surface area contributed by atoms with Crippen molar-refractivity contribution in [3.63, 3.8) is 0 Å². The third kappa shape index (κ3) is 4.13. The lowest BCUT2D eigenvalue weighted by atomic mass is 10.3. The van der Waals surface area contributed by atoms with E-state index in [9.17, 15) is 4.39 Å². The summed E-state index contributed by atoms with van der Waals surface area (Å²) >= 11 is 0. The molecule has 0 aliphatic carbocycles. The minimum atomic E-state index is -0.359. The molecule has 2 N–H and O–H groups in total. The number of para-hydroxylation sites is 1. The summed E-state index contributed by atoms with van der Waals surface area (Å²) in [5, 5.41) is 13.6. The van der Waals surface area contributed by atoms with Crippen molar-refractivity contribution in [2.45, 2.75) is 0 Å². The van der Waals surface area contributed by atoms with Crippen molar-refractivity contribution < 1.29 is 4.39 Å². The zero-order valence-corrected chi connectivity index (χ0v) is 11.5. The zero-order valence-electron chi connectivity index (χ0n) is 11.5. The highest BCUT2D eigenvalue weighted by Crippen LogP contribution is 2.16. The molecule has 0 aliphatic heterocycles. The van der Waals surface area contributed by atoms with Gasteiger partial charge in [-0.25, -0.2) is 4.39 Å². The highest BCUT2D eigenvalue weighted by Gasteiger charge is 2.04. The molecular formula is C13H17FN6. The molecule has 0 radical (unpaired) electrons. The van der Waals surface area contributed by atoms with Gasteiger partial charge in [0.1, 0.15) is 5.82 Å². The Bertz CT molecular complexity index is 560. The van der Waals surface area contributed by atoms with Crippen molar-refractivity contribution in [3.05, 3.63) is 36.3 Å². The average molecular weight is 276 g/mol. The molecule has 0 unspecified atom stereocenters. The van der Waals surface area contributed by atoms with Crippen LogP contribution in [0.3, 0.4) is 0 Å². The number of rotatable bonds is 6. The van der Waals surface area contributed by atoms with Gasteiger partial charge in [0.25, 0.3) is 0 Å². The van der Waals surface area contributed by atoms with E-state index in [1.54, 1.807) is 18.2 Å². The van der Waals surface area contributed by atoms with Crippen molar-refractivity contribution in [2.24, 2.45) is 0 Å². The highest BCUT2D eigenvalue weighted by molar-refractivity contribution is 5.54. The van der Waals surface area contributed by atoms with E-state index in [1.807, 2.05) is 14.1 Å². The maximum atomic E-state index is 13.5. The van der Waals surface area contributed by atoms with Gasteiger partial charge in [-0.1, -0.05) is 12.1 Å². The van der Waals surface area contributed by atoms with E-state index < -0.39 is 0 Å². The third-order valence-corrected chi connectivity index (χ3v) is 2.54. The maximum Gasteiger partial charge on any atom is 0.249 e. The van der Waals surface area contributed by atoms with Crippen LogP contribution in [0.25, 0.3) is 0 Å². The lowest BCUT2D eigenvalue weighted by Gasteiger charge is -2.11. The van der Waals surface area contributed by atoms with Gasteiger partial charge >= 0.3 is 0 Å². The van der Waals surface area contributed by atoms with E-state index in [0.29, 0.717) is 11.5 Å². The molecular weight excluding hydrogens is 259 g/mol. The number of nitrogens with one attached hydrogen (secondary N) is 2. The molecule has 1 heterocycles. The average Bonchev–Trinajstić information content (AvgIpc) is 2.41. The lowest BCUT2D eigenvalue weighted by molar-refractivity contribution is 0.425. The molecule has 0 atom stereocenters. The zero-order chi connectivity index (χ0) is 14.4. The summed E-state index contributed by atoms with van der Waals surface area (Å²) in [7, 11) is 3.98. The molecule has 0 bridgehead atoms. The van der Waals surface area contributed by atoms with Crippen LogP contribution in [-0.4, -0.2) is 47.3 Å². The fraction of sp³-hybridized carbons (Fsp3) is 0.308. The van der Waals surface area contributed by atoms with Crippen molar-refractivity contribution in [2.75, 3.05) is 37.8 Å². The van der Waals surface area contributed by atoms with Gasteiger partial charge in [-0.3, -0.25) is 0 Å². The highest BCUT2D eigenvalue weighted by atomic mass is 19.1. The number of halogens is 1. The quantitative estimate of drug-likeness (QED) is 0.837. The fourth-order valence-corrected chi connectivity index (χ4v) is 1.53. The Labute approximate surface area is 117 Å². The van der Waals surface area contributed by atoms with Crippen LogP contribution in [0.15, 0.2) is 30.5 Å². The summed E-state index contributed by atoms with van der Waals surface area (Å²) in [5.74, 6) is 0.493. The smallest absolute Gasteiger partial charge is 0.249 e. The molecule has 1 aromatic carbocycles. The fourth-order valence-electron chi connectivity index (χ4n) is 1.53. The van der Waals surface area contributed by atoms with Gasteiger partial charge < -0.3 is 15.5 Å². The van der Waals surface area contributed by atoms with Gasteiger partial charge in [-0.15, -0.1) is 5.10 Å². The first-order chi connectivity index (χ1) is 9.65. The molecule has 0 saturated heterocycles. The van der Waals surface area contributed by atoms with Crippen LogP contribution < -0.4 is 10.6 Å². The minimum Gasteiger partial charge on any atom is -0.367 e. The minimum absolute atomic E-state index is 0.255. The SMILES string of the molecule is CN(C)CCNc1cnnc(Nc2ccccc2F)n1. The molecule has 0 amide bonds. The predicted molar refractivity (Wildman–Crippen MR) is 76.6 cm³/mol. The maximum absolute atomic E-state index is 13.5. The Morgan fingerprint density at radius 2 is 2.05 bits per heavy atom. The van der Waals surface area contributed by atoms with Crippen molar-refractivity contribution >= 4 is 17.5 Å².